The SMILES string of the molecule is NC(=[NH2+])c1ccc(CNC(=O)[C@H](Cc2ccccc2)NS(=O)(=O)c2cccc(C(N)=[NH2+])c2)cc1. The summed E-state index contributed by atoms with van der Waals surface area (Å²) < 4.78 is 28.7. The Labute approximate surface area is 198 Å². The summed E-state index contributed by atoms with van der Waals surface area (Å²) in [6.45, 7) is 0.199. The summed E-state index contributed by atoms with van der Waals surface area (Å²) in [5, 5.41) is 14.0. The first-order valence-electron chi connectivity index (χ1n) is 10.5. The number of benzene rings is 3. The molecule has 0 heterocycles. The Hall–Kier alpha value is -4.02. The van der Waals surface area contributed by atoms with Gasteiger partial charge in [-0.3, -0.25) is 27.1 Å². The smallest absolute Gasteiger partial charge is 0.270 e. The van der Waals surface area contributed by atoms with Crippen LogP contribution in [0, 0.1) is 0 Å². The third kappa shape index (κ3) is 6.50. The van der Waals surface area contributed by atoms with Crippen molar-refractivity contribution in [1.29, 1.82) is 0 Å². The van der Waals surface area contributed by atoms with E-state index in [1.54, 1.807) is 30.3 Å². The molecule has 0 radical (unpaired) electrons. The molecule has 10 N–H and O–H groups in total. The van der Waals surface area contributed by atoms with Crippen molar-refractivity contribution >= 4 is 27.6 Å². The van der Waals surface area contributed by atoms with Gasteiger partial charge in [-0.25, -0.2) is 8.42 Å². The molecule has 3 aromatic carbocycles. The van der Waals surface area contributed by atoms with Crippen LogP contribution in [0.25, 0.3) is 0 Å². The summed E-state index contributed by atoms with van der Waals surface area (Å²) in [6, 6.07) is 21.0. The molecule has 0 aliphatic carbocycles. The van der Waals surface area contributed by atoms with Gasteiger partial charge in [0, 0.05) is 6.54 Å². The molecule has 0 aliphatic heterocycles. The van der Waals surface area contributed by atoms with Crippen molar-refractivity contribution in [2.24, 2.45) is 11.5 Å². The highest BCUT2D eigenvalue weighted by molar-refractivity contribution is 7.89. The Balaban J connectivity index is 1.80. The Bertz CT molecular complexity index is 1290. The van der Waals surface area contributed by atoms with E-state index < -0.39 is 22.0 Å². The van der Waals surface area contributed by atoms with Crippen LogP contribution < -0.4 is 32.3 Å². The average Bonchev–Trinajstić information content (AvgIpc) is 2.83. The van der Waals surface area contributed by atoms with E-state index in [0.717, 1.165) is 11.1 Å². The zero-order chi connectivity index (χ0) is 24.7. The van der Waals surface area contributed by atoms with Crippen LogP contribution in [-0.4, -0.2) is 32.0 Å². The maximum Gasteiger partial charge on any atom is 0.270 e. The maximum atomic E-state index is 13.1. The van der Waals surface area contributed by atoms with Gasteiger partial charge in [0.25, 0.3) is 11.7 Å². The fraction of sp³-hybridized carbons (Fsp3) is 0.125. The van der Waals surface area contributed by atoms with Gasteiger partial charge in [0.05, 0.1) is 16.0 Å². The molecule has 0 aliphatic rings. The number of amides is 1. The van der Waals surface area contributed by atoms with E-state index >= 15 is 0 Å². The van der Waals surface area contributed by atoms with Crippen LogP contribution in [0.2, 0.25) is 0 Å². The summed E-state index contributed by atoms with van der Waals surface area (Å²) in [4.78, 5) is 13.0. The summed E-state index contributed by atoms with van der Waals surface area (Å²) in [5.74, 6) is -0.274. The van der Waals surface area contributed by atoms with Gasteiger partial charge in [0.15, 0.2) is 0 Å². The fourth-order valence-corrected chi connectivity index (χ4v) is 4.50. The first-order valence-corrected chi connectivity index (χ1v) is 11.9. The Morgan fingerprint density at radius 3 is 2.09 bits per heavy atom. The van der Waals surface area contributed by atoms with Gasteiger partial charge in [-0.2, -0.15) is 4.72 Å². The van der Waals surface area contributed by atoms with Crippen LogP contribution in [0.4, 0.5) is 0 Å². The first-order chi connectivity index (χ1) is 16.2. The van der Waals surface area contributed by atoms with Gasteiger partial charge >= 0.3 is 0 Å². The number of sulfonamides is 1. The van der Waals surface area contributed by atoms with Crippen LogP contribution >= 0.6 is 0 Å². The normalized spacial score (nSPS) is 12.0. The first kappa shape index (κ1) is 24.6. The standard InChI is InChI=1S/C24H26N6O3S/c25-22(26)18-11-9-17(10-12-18)15-29-24(31)21(13-16-5-2-1-3-6-16)30-34(32,33)20-8-4-7-19(14-20)23(27)28/h1-12,14,21,30H,13,15H2,(H3,25,26)(H3,27,28)(H,29,31)/p+2/t21-/m0/s1. The molecule has 0 spiro atoms. The molecule has 1 atom stereocenters. The predicted molar refractivity (Wildman–Crippen MR) is 129 cm³/mol. The maximum absolute atomic E-state index is 13.1. The van der Waals surface area contributed by atoms with Crippen molar-refractivity contribution in [3.05, 3.63) is 101 Å². The third-order valence-electron chi connectivity index (χ3n) is 5.13. The molecule has 0 unspecified atom stereocenters. The Kier molecular flexibility index (Phi) is 7.77. The van der Waals surface area contributed by atoms with Crippen molar-refractivity contribution < 1.29 is 24.0 Å². The lowest BCUT2D eigenvalue weighted by Crippen LogP contribution is -2.48. The second-order valence-corrected chi connectivity index (χ2v) is 9.43. The predicted octanol–water partition coefficient (Wildman–Crippen LogP) is -2.18. The number of amidine groups is 2. The highest BCUT2D eigenvalue weighted by Crippen LogP contribution is 2.13. The largest absolute Gasteiger partial charge is 0.351 e. The van der Waals surface area contributed by atoms with Gasteiger partial charge in [0.1, 0.15) is 6.04 Å². The number of hydrogen-bond donors (Lipinski definition) is 6. The molecule has 3 rings (SSSR count). The number of nitrogens with one attached hydrogen (secondary N) is 2. The zero-order valence-corrected chi connectivity index (χ0v) is 19.3. The van der Waals surface area contributed by atoms with Gasteiger partial charge in [-0.1, -0.05) is 48.5 Å². The summed E-state index contributed by atoms with van der Waals surface area (Å²) in [5.41, 5.74) is 13.8. The monoisotopic (exact) mass is 480 g/mol. The molecule has 0 saturated carbocycles. The lowest BCUT2D eigenvalue weighted by Gasteiger charge is -2.19. The summed E-state index contributed by atoms with van der Waals surface area (Å²) in [6.07, 6.45) is 0.161. The molecule has 0 bridgehead atoms. The number of hydrogen-bond acceptors (Lipinski definition) is 3. The van der Waals surface area contributed by atoms with Crippen molar-refractivity contribution in [3.8, 4) is 0 Å². The molecular formula is C24H28N6O3S+2. The molecule has 1 amide bonds. The molecule has 0 fully saturated rings. The summed E-state index contributed by atoms with van der Waals surface area (Å²) in [7, 11) is -4.04. The van der Waals surface area contributed by atoms with Gasteiger partial charge < -0.3 is 5.32 Å². The number of carbonyl (C=O) groups is 1. The van der Waals surface area contributed by atoms with Crippen molar-refractivity contribution in [2.75, 3.05) is 0 Å². The topological polar surface area (TPSA) is 178 Å². The minimum Gasteiger partial charge on any atom is -0.351 e. The van der Waals surface area contributed by atoms with E-state index in [2.05, 4.69) is 10.0 Å². The highest BCUT2D eigenvalue weighted by atomic mass is 32.2. The van der Waals surface area contributed by atoms with E-state index in [1.807, 2.05) is 30.3 Å². The van der Waals surface area contributed by atoms with E-state index in [0.29, 0.717) is 11.1 Å². The van der Waals surface area contributed by atoms with Crippen molar-refractivity contribution in [1.82, 2.24) is 10.0 Å². The second-order valence-electron chi connectivity index (χ2n) is 7.72. The van der Waals surface area contributed by atoms with E-state index in [9.17, 15) is 13.2 Å². The van der Waals surface area contributed by atoms with Crippen LogP contribution in [0.15, 0.2) is 83.8 Å². The van der Waals surface area contributed by atoms with Crippen LogP contribution in [0.3, 0.4) is 0 Å². The Morgan fingerprint density at radius 2 is 1.47 bits per heavy atom. The Morgan fingerprint density at radius 1 is 0.824 bits per heavy atom. The molecule has 9 nitrogen and oxygen atoms in total. The molecule has 10 heteroatoms. The minimum absolute atomic E-state index is 0.00404. The molecule has 0 aromatic heterocycles. The average molecular weight is 481 g/mol. The number of rotatable bonds is 10. The molecular weight excluding hydrogens is 452 g/mol. The highest BCUT2D eigenvalue weighted by Gasteiger charge is 2.26. The zero-order valence-electron chi connectivity index (χ0n) is 18.4. The lowest BCUT2D eigenvalue weighted by atomic mass is 10.1. The molecule has 3 aromatic rings. The minimum atomic E-state index is -4.04. The number of nitrogens with two attached hydrogens (primary N) is 4. The summed E-state index contributed by atoms with van der Waals surface area (Å²) >= 11 is 0. The number of carbonyl (C=O) groups excluding carboxylic acids is 1. The van der Waals surface area contributed by atoms with E-state index in [4.69, 9.17) is 22.3 Å². The molecule has 34 heavy (non-hydrogen) atoms. The second kappa shape index (κ2) is 10.7. The van der Waals surface area contributed by atoms with Crippen LogP contribution in [-0.2, 0) is 27.8 Å². The van der Waals surface area contributed by atoms with E-state index in [1.165, 1.54) is 18.2 Å². The molecule has 0 saturated heterocycles. The fourth-order valence-electron chi connectivity index (χ4n) is 3.26. The van der Waals surface area contributed by atoms with Crippen LogP contribution in [0.1, 0.15) is 22.3 Å². The lowest BCUT2D eigenvalue weighted by molar-refractivity contribution is -0.123. The van der Waals surface area contributed by atoms with Crippen LogP contribution in [0.5, 0.6) is 0 Å². The van der Waals surface area contributed by atoms with E-state index in [-0.39, 0.29) is 29.5 Å². The van der Waals surface area contributed by atoms with Gasteiger partial charge in [0.2, 0.25) is 15.9 Å². The molecule has 176 valence electrons. The van der Waals surface area contributed by atoms with Gasteiger partial charge in [-0.15, -0.1) is 0 Å². The van der Waals surface area contributed by atoms with Crippen molar-refractivity contribution in [2.45, 2.75) is 23.9 Å². The van der Waals surface area contributed by atoms with Gasteiger partial charge in [-0.05, 0) is 47.9 Å². The van der Waals surface area contributed by atoms with Crippen molar-refractivity contribution in [3.63, 3.8) is 0 Å². The quantitative estimate of drug-likeness (QED) is 0.142. The third-order valence-corrected chi connectivity index (χ3v) is 6.60.